The van der Waals surface area contributed by atoms with Crippen molar-refractivity contribution in [1.82, 2.24) is 15.1 Å². The van der Waals surface area contributed by atoms with Crippen molar-refractivity contribution in [1.29, 1.82) is 0 Å². The van der Waals surface area contributed by atoms with Crippen molar-refractivity contribution in [3.05, 3.63) is 54.1 Å². The molecule has 1 fully saturated rings. The smallest absolute Gasteiger partial charge is 0.412 e. The number of hydrogen-bond donors (Lipinski definition) is 1. The standard InChI is InChI=1S/C20H25N5O2/c1-2-27-20(26)21-18-10-11-19(23-22-18)25-15-13-24(14-16-25)12-6-9-17-7-4-3-5-8-17/h3-11H,2,12-16H2,1H3,(H,21,22,26)/b9-6+. The predicted octanol–water partition coefficient (Wildman–Crippen LogP) is 2.88. The van der Waals surface area contributed by atoms with Gasteiger partial charge >= 0.3 is 6.09 Å². The molecule has 27 heavy (non-hydrogen) atoms. The lowest BCUT2D eigenvalue weighted by Gasteiger charge is -2.34. The van der Waals surface area contributed by atoms with Gasteiger partial charge in [0, 0.05) is 32.7 Å². The van der Waals surface area contributed by atoms with Gasteiger partial charge in [-0.15, -0.1) is 10.2 Å². The normalized spacial score (nSPS) is 15.1. The maximum atomic E-state index is 11.4. The third-order valence-corrected chi connectivity index (χ3v) is 4.33. The molecular weight excluding hydrogens is 342 g/mol. The van der Waals surface area contributed by atoms with E-state index in [9.17, 15) is 4.79 Å². The molecule has 1 N–H and O–H groups in total. The lowest BCUT2D eigenvalue weighted by molar-refractivity contribution is 0.168. The number of carbonyl (C=O) groups is 1. The van der Waals surface area contributed by atoms with E-state index in [-0.39, 0.29) is 0 Å². The van der Waals surface area contributed by atoms with Crippen LogP contribution in [0.5, 0.6) is 0 Å². The van der Waals surface area contributed by atoms with Gasteiger partial charge in [-0.3, -0.25) is 10.2 Å². The first-order valence-electron chi connectivity index (χ1n) is 9.21. The molecule has 0 saturated carbocycles. The highest BCUT2D eigenvalue weighted by atomic mass is 16.5. The molecule has 2 heterocycles. The van der Waals surface area contributed by atoms with Crippen molar-refractivity contribution >= 4 is 23.8 Å². The summed E-state index contributed by atoms with van der Waals surface area (Å²) >= 11 is 0. The van der Waals surface area contributed by atoms with Gasteiger partial charge in [-0.05, 0) is 24.6 Å². The molecule has 1 aliphatic rings. The van der Waals surface area contributed by atoms with Gasteiger partial charge in [0.15, 0.2) is 11.6 Å². The van der Waals surface area contributed by atoms with E-state index in [0.717, 1.165) is 38.5 Å². The van der Waals surface area contributed by atoms with Gasteiger partial charge in [0.1, 0.15) is 0 Å². The molecule has 0 aliphatic carbocycles. The van der Waals surface area contributed by atoms with Gasteiger partial charge in [-0.25, -0.2) is 4.79 Å². The van der Waals surface area contributed by atoms with E-state index < -0.39 is 6.09 Å². The molecule has 1 aromatic heterocycles. The summed E-state index contributed by atoms with van der Waals surface area (Å²) in [6.45, 7) is 6.77. The van der Waals surface area contributed by atoms with Crippen LogP contribution in [-0.4, -0.2) is 60.5 Å². The Bertz CT molecular complexity index is 741. The molecule has 0 atom stereocenters. The number of hydrogen-bond acceptors (Lipinski definition) is 6. The molecule has 0 bridgehead atoms. The van der Waals surface area contributed by atoms with E-state index in [4.69, 9.17) is 4.74 Å². The van der Waals surface area contributed by atoms with Gasteiger partial charge in [0.2, 0.25) is 0 Å². The molecule has 0 radical (unpaired) electrons. The number of nitrogens with one attached hydrogen (secondary N) is 1. The lowest BCUT2D eigenvalue weighted by Crippen LogP contribution is -2.46. The molecule has 1 amide bonds. The first-order valence-corrected chi connectivity index (χ1v) is 9.21. The number of aromatic nitrogens is 2. The third kappa shape index (κ3) is 5.79. The molecule has 0 unspecified atom stereocenters. The van der Waals surface area contributed by atoms with Crippen LogP contribution >= 0.6 is 0 Å². The van der Waals surface area contributed by atoms with E-state index in [1.807, 2.05) is 24.3 Å². The summed E-state index contributed by atoms with van der Waals surface area (Å²) in [7, 11) is 0. The number of amides is 1. The van der Waals surface area contributed by atoms with Gasteiger partial charge in [0.05, 0.1) is 6.61 Å². The quantitative estimate of drug-likeness (QED) is 0.847. The summed E-state index contributed by atoms with van der Waals surface area (Å²) in [5.41, 5.74) is 1.22. The van der Waals surface area contributed by atoms with E-state index in [1.54, 1.807) is 13.0 Å². The van der Waals surface area contributed by atoms with Crippen LogP contribution in [0.3, 0.4) is 0 Å². The number of benzene rings is 1. The minimum atomic E-state index is -0.517. The van der Waals surface area contributed by atoms with Crippen LogP contribution < -0.4 is 10.2 Å². The first kappa shape index (κ1) is 18.8. The Balaban J connectivity index is 1.44. The fraction of sp³-hybridized carbons (Fsp3) is 0.350. The molecule has 1 aromatic carbocycles. The molecule has 0 spiro atoms. The van der Waals surface area contributed by atoms with Gasteiger partial charge < -0.3 is 9.64 Å². The summed E-state index contributed by atoms with van der Waals surface area (Å²) in [5.74, 6) is 1.21. The Morgan fingerprint density at radius 1 is 1.11 bits per heavy atom. The molecule has 3 rings (SSSR count). The van der Waals surface area contributed by atoms with Crippen LogP contribution in [0, 0.1) is 0 Å². The fourth-order valence-corrected chi connectivity index (χ4v) is 2.89. The average Bonchev–Trinajstić information content (AvgIpc) is 2.70. The summed E-state index contributed by atoms with van der Waals surface area (Å²) in [6, 6.07) is 14.0. The molecule has 142 valence electrons. The predicted molar refractivity (Wildman–Crippen MR) is 107 cm³/mol. The van der Waals surface area contributed by atoms with Crippen molar-refractivity contribution in [3.63, 3.8) is 0 Å². The summed E-state index contributed by atoms with van der Waals surface area (Å²) in [4.78, 5) is 16.0. The van der Waals surface area contributed by atoms with E-state index >= 15 is 0 Å². The van der Waals surface area contributed by atoms with Gasteiger partial charge in [-0.1, -0.05) is 42.5 Å². The number of carbonyl (C=O) groups excluding carboxylic acids is 1. The molecule has 7 nitrogen and oxygen atoms in total. The number of rotatable bonds is 6. The number of ether oxygens (including phenoxy) is 1. The Morgan fingerprint density at radius 2 is 1.89 bits per heavy atom. The summed E-state index contributed by atoms with van der Waals surface area (Å²) in [5, 5.41) is 10.8. The summed E-state index contributed by atoms with van der Waals surface area (Å²) in [6.07, 6.45) is 3.85. The zero-order chi connectivity index (χ0) is 18.9. The minimum absolute atomic E-state index is 0.322. The minimum Gasteiger partial charge on any atom is -0.450 e. The Hall–Kier alpha value is -2.93. The molecular formula is C20H25N5O2. The highest BCUT2D eigenvalue weighted by Gasteiger charge is 2.17. The molecule has 1 aliphatic heterocycles. The Kier molecular flexibility index (Phi) is 6.76. The monoisotopic (exact) mass is 367 g/mol. The highest BCUT2D eigenvalue weighted by molar-refractivity contribution is 5.83. The van der Waals surface area contributed by atoms with Crippen molar-refractivity contribution in [3.8, 4) is 0 Å². The van der Waals surface area contributed by atoms with Crippen LogP contribution in [0.1, 0.15) is 12.5 Å². The van der Waals surface area contributed by atoms with Crippen molar-refractivity contribution in [2.45, 2.75) is 6.92 Å². The Morgan fingerprint density at radius 3 is 2.56 bits per heavy atom. The van der Waals surface area contributed by atoms with Crippen LogP contribution in [0.25, 0.3) is 6.08 Å². The second kappa shape index (κ2) is 9.68. The molecule has 2 aromatic rings. The maximum absolute atomic E-state index is 11.4. The second-order valence-corrected chi connectivity index (χ2v) is 6.22. The van der Waals surface area contributed by atoms with Gasteiger partial charge in [-0.2, -0.15) is 0 Å². The summed E-state index contributed by atoms with van der Waals surface area (Å²) < 4.78 is 4.83. The van der Waals surface area contributed by atoms with Crippen LogP contribution in [0.4, 0.5) is 16.4 Å². The zero-order valence-corrected chi connectivity index (χ0v) is 15.5. The maximum Gasteiger partial charge on any atom is 0.412 e. The van der Waals surface area contributed by atoms with E-state index in [2.05, 4.69) is 49.6 Å². The number of anilines is 2. The van der Waals surface area contributed by atoms with Gasteiger partial charge in [0.25, 0.3) is 0 Å². The first-order chi connectivity index (χ1) is 13.2. The fourth-order valence-electron chi connectivity index (χ4n) is 2.89. The number of nitrogens with zero attached hydrogens (tertiary/aromatic N) is 4. The Labute approximate surface area is 159 Å². The lowest BCUT2D eigenvalue weighted by atomic mass is 10.2. The van der Waals surface area contributed by atoms with Crippen molar-refractivity contribution < 1.29 is 9.53 Å². The third-order valence-electron chi connectivity index (χ3n) is 4.33. The topological polar surface area (TPSA) is 70.6 Å². The van der Waals surface area contributed by atoms with Crippen molar-refractivity contribution in [2.75, 3.05) is 49.5 Å². The van der Waals surface area contributed by atoms with Crippen molar-refractivity contribution in [2.24, 2.45) is 0 Å². The average molecular weight is 367 g/mol. The SMILES string of the molecule is CCOC(=O)Nc1ccc(N2CCN(C/C=C/c3ccccc3)CC2)nn1. The van der Waals surface area contributed by atoms with E-state index in [0.29, 0.717) is 12.4 Å². The zero-order valence-electron chi connectivity index (χ0n) is 15.5. The largest absolute Gasteiger partial charge is 0.450 e. The molecule has 1 saturated heterocycles. The highest BCUT2D eigenvalue weighted by Crippen LogP contribution is 2.14. The van der Waals surface area contributed by atoms with E-state index in [1.165, 1.54) is 5.56 Å². The van der Waals surface area contributed by atoms with Crippen LogP contribution in [-0.2, 0) is 4.74 Å². The second-order valence-electron chi connectivity index (χ2n) is 6.22. The molecule has 7 heteroatoms. The van der Waals surface area contributed by atoms with Crippen LogP contribution in [0.2, 0.25) is 0 Å². The van der Waals surface area contributed by atoms with Crippen LogP contribution in [0.15, 0.2) is 48.5 Å². The number of piperazine rings is 1.